The van der Waals surface area contributed by atoms with Crippen molar-refractivity contribution < 1.29 is 0 Å². The molecular formula is C34H24Cl2. The van der Waals surface area contributed by atoms with Gasteiger partial charge in [0, 0.05) is 35.5 Å². The molecule has 0 aromatic heterocycles. The van der Waals surface area contributed by atoms with Gasteiger partial charge in [-0.05, 0) is 44.5 Å². The molecule has 4 aromatic carbocycles. The van der Waals surface area contributed by atoms with Crippen molar-refractivity contribution in [2.75, 3.05) is 0 Å². The van der Waals surface area contributed by atoms with E-state index in [1.165, 1.54) is 44.5 Å². The van der Waals surface area contributed by atoms with E-state index in [2.05, 4.69) is 97.1 Å². The van der Waals surface area contributed by atoms with Crippen LogP contribution < -0.4 is 0 Å². The third kappa shape index (κ3) is 2.22. The summed E-state index contributed by atoms with van der Waals surface area (Å²) in [4.78, 5) is 0. The van der Waals surface area contributed by atoms with Crippen molar-refractivity contribution in [3.63, 3.8) is 0 Å². The van der Waals surface area contributed by atoms with Crippen LogP contribution in [0.25, 0.3) is 0 Å². The van der Waals surface area contributed by atoms with Crippen LogP contribution in [0.3, 0.4) is 0 Å². The Morgan fingerprint density at radius 2 is 0.611 bits per heavy atom. The molecule has 2 heteroatoms. The quantitative estimate of drug-likeness (QED) is 0.167. The van der Waals surface area contributed by atoms with Gasteiger partial charge in [-0.25, -0.2) is 0 Å². The molecule has 4 atom stereocenters. The number of allylic oxidation sites excluding steroid dienone is 2. The SMILES string of the molecule is Cl[C@@H]1[C@H](Cl)[C@H]2C(=C3C4c5ccccc5C(c5ccccc54)[C@H]31)C1c3ccccc3C2c2ccccc21. The summed E-state index contributed by atoms with van der Waals surface area (Å²) in [6.45, 7) is 0. The Morgan fingerprint density at radius 1 is 0.361 bits per heavy atom. The van der Waals surface area contributed by atoms with Gasteiger partial charge in [0.15, 0.2) is 0 Å². The summed E-state index contributed by atoms with van der Waals surface area (Å²) in [5, 5.41) is -0.216. The molecule has 0 saturated heterocycles. The lowest BCUT2D eigenvalue weighted by Crippen LogP contribution is -2.52. The Hall–Kier alpha value is -2.80. The van der Waals surface area contributed by atoms with Crippen LogP contribution in [0, 0.1) is 11.8 Å². The summed E-state index contributed by atoms with van der Waals surface area (Å²) in [7, 11) is 0. The molecule has 0 spiro atoms. The van der Waals surface area contributed by atoms with Gasteiger partial charge >= 0.3 is 0 Å². The Kier molecular flexibility index (Phi) is 3.91. The standard InChI is InChI=1S/C34H24Cl2/c35-33-31-27-21-13-5-1-9-17(21)25(18-10-2-6-14-22(18)27)29(31)30-26-19-11-3-7-15-23(19)28(32(30)34(33)36)24-16-8-4-12-20(24)26/h1-16,25-28,31-34H/t25?,26?,27?,28?,31-,32-,33-,34+/m1/s1. The minimum atomic E-state index is -0.108. The van der Waals surface area contributed by atoms with Crippen molar-refractivity contribution in [3.05, 3.63) is 153 Å². The van der Waals surface area contributed by atoms with Crippen LogP contribution >= 0.6 is 23.2 Å². The molecule has 11 rings (SSSR count). The average Bonchev–Trinajstić information content (AvgIpc) is 2.95. The van der Waals surface area contributed by atoms with Crippen molar-refractivity contribution in [2.45, 2.75) is 34.4 Å². The van der Waals surface area contributed by atoms with Crippen molar-refractivity contribution in [3.8, 4) is 0 Å². The molecule has 0 fully saturated rings. The minimum absolute atomic E-state index is 0.108. The van der Waals surface area contributed by atoms with E-state index in [1.54, 1.807) is 11.1 Å². The maximum Gasteiger partial charge on any atom is 0.0580 e. The zero-order valence-corrected chi connectivity index (χ0v) is 21.1. The molecule has 7 aliphatic carbocycles. The van der Waals surface area contributed by atoms with Crippen LogP contribution in [-0.2, 0) is 0 Å². The predicted octanol–water partition coefficient (Wildman–Crippen LogP) is 8.33. The second-order valence-electron chi connectivity index (χ2n) is 11.2. The molecule has 0 nitrogen and oxygen atoms in total. The summed E-state index contributed by atoms with van der Waals surface area (Å²) in [5.74, 6) is 1.51. The van der Waals surface area contributed by atoms with Gasteiger partial charge in [0.05, 0.1) is 10.8 Å². The van der Waals surface area contributed by atoms with E-state index in [-0.39, 0.29) is 46.3 Å². The molecule has 0 saturated carbocycles. The van der Waals surface area contributed by atoms with Gasteiger partial charge in [-0.3, -0.25) is 0 Å². The van der Waals surface area contributed by atoms with Crippen LogP contribution in [0.4, 0.5) is 0 Å². The summed E-state index contributed by atoms with van der Waals surface area (Å²) in [6.07, 6.45) is 0. The van der Waals surface area contributed by atoms with Gasteiger partial charge < -0.3 is 0 Å². The molecule has 0 heterocycles. The fraction of sp³-hybridized carbons (Fsp3) is 0.235. The van der Waals surface area contributed by atoms with E-state index in [1.807, 2.05) is 0 Å². The Balaban J connectivity index is 1.43. The van der Waals surface area contributed by atoms with E-state index in [0.717, 1.165) is 0 Å². The Bertz CT molecular complexity index is 1410. The normalized spacial score (nSPS) is 33.7. The second-order valence-corrected chi connectivity index (χ2v) is 12.2. The first-order chi connectivity index (χ1) is 17.8. The topological polar surface area (TPSA) is 0 Å². The lowest BCUT2D eigenvalue weighted by atomic mass is 9.46. The third-order valence-electron chi connectivity index (χ3n) is 9.95. The van der Waals surface area contributed by atoms with E-state index >= 15 is 0 Å². The molecule has 174 valence electrons. The second kappa shape index (κ2) is 6.94. The van der Waals surface area contributed by atoms with Crippen LogP contribution in [-0.4, -0.2) is 10.8 Å². The molecule has 4 bridgehead atoms. The van der Waals surface area contributed by atoms with E-state index < -0.39 is 0 Å². The van der Waals surface area contributed by atoms with Gasteiger partial charge in [-0.15, -0.1) is 23.2 Å². The smallest absolute Gasteiger partial charge is 0.0580 e. The van der Waals surface area contributed by atoms with E-state index in [4.69, 9.17) is 23.2 Å². The summed E-state index contributed by atoms with van der Waals surface area (Å²) >= 11 is 15.0. The fourth-order valence-corrected chi connectivity index (χ4v) is 9.79. The van der Waals surface area contributed by atoms with E-state index in [0.29, 0.717) is 0 Å². The first-order valence-corrected chi connectivity index (χ1v) is 14.0. The number of benzene rings is 4. The average molecular weight is 503 g/mol. The number of rotatable bonds is 0. The highest BCUT2D eigenvalue weighted by molar-refractivity contribution is 6.31. The number of alkyl halides is 2. The Morgan fingerprint density at radius 3 is 0.889 bits per heavy atom. The number of hydrogen-bond acceptors (Lipinski definition) is 0. The molecular weight excluding hydrogens is 479 g/mol. The maximum absolute atomic E-state index is 7.51. The molecule has 36 heavy (non-hydrogen) atoms. The highest BCUT2D eigenvalue weighted by Crippen LogP contribution is 2.70. The van der Waals surface area contributed by atoms with Crippen LogP contribution in [0.2, 0.25) is 0 Å². The third-order valence-corrected chi connectivity index (χ3v) is 11.2. The van der Waals surface area contributed by atoms with Crippen LogP contribution in [0.1, 0.15) is 68.2 Å². The molecule has 0 unspecified atom stereocenters. The maximum atomic E-state index is 7.51. The van der Waals surface area contributed by atoms with Gasteiger partial charge in [0.2, 0.25) is 0 Å². The monoisotopic (exact) mass is 502 g/mol. The number of halogens is 2. The first kappa shape index (κ1) is 20.3. The van der Waals surface area contributed by atoms with Gasteiger partial charge in [0.1, 0.15) is 0 Å². The molecule has 0 N–H and O–H groups in total. The van der Waals surface area contributed by atoms with Crippen LogP contribution in [0.5, 0.6) is 0 Å². The highest BCUT2D eigenvalue weighted by atomic mass is 35.5. The lowest BCUT2D eigenvalue weighted by Gasteiger charge is -2.59. The summed E-state index contributed by atoms with van der Waals surface area (Å²) in [5.41, 5.74) is 14.8. The largest absolute Gasteiger partial charge is 0.121 e. The molecule has 0 radical (unpaired) electrons. The van der Waals surface area contributed by atoms with Crippen LogP contribution in [0.15, 0.2) is 108 Å². The minimum Gasteiger partial charge on any atom is -0.121 e. The van der Waals surface area contributed by atoms with Crippen molar-refractivity contribution in [2.24, 2.45) is 11.8 Å². The zero-order chi connectivity index (χ0) is 23.7. The number of hydrogen-bond donors (Lipinski definition) is 0. The fourth-order valence-electron chi connectivity index (χ4n) is 8.91. The molecule has 7 aliphatic rings. The molecule has 0 amide bonds. The van der Waals surface area contributed by atoms with Crippen molar-refractivity contribution in [1.82, 2.24) is 0 Å². The lowest BCUT2D eigenvalue weighted by molar-refractivity contribution is 0.315. The summed E-state index contributed by atoms with van der Waals surface area (Å²) in [6, 6.07) is 36.4. The van der Waals surface area contributed by atoms with Crippen molar-refractivity contribution in [1.29, 1.82) is 0 Å². The molecule has 4 aromatic rings. The van der Waals surface area contributed by atoms with E-state index in [9.17, 15) is 0 Å². The first-order valence-electron chi connectivity index (χ1n) is 13.1. The van der Waals surface area contributed by atoms with Gasteiger partial charge in [-0.2, -0.15) is 0 Å². The molecule has 0 aliphatic heterocycles. The highest BCUT2D eigenvalue weighted by Gasteiger charge is 2.60. The zero-order valence-electron chi connectivity index (χ0n) is 19.6. The van der Waals surface area contributed by atoms with Gasteiger partial charge in [-0.1, -0.05) is 108 Å². The summed E-state index contributed by atoms with van der Waals surface area (Å²) < 4.78 is 0. The predicted molar refractivity (Wildman–Crippen MR) is 146 cm³/mol. The van der Waals surface area contributed by atoms with Crippen molar-refractivity contribution >= 4 is 23.2 Å². The van der Waals surface area contributed by atoms with Gasteiger partial charge in [0.25, 0.3) is 0 Å². The Labute approximate surface area is 221 Å².